The largest absolute Gasteiger partial charge is 0.308 e. The van der Waals surface area contributed by atoms with Gasteiger partial charge in [0.25, 0.3) is 0 Å². The minimum atomic E-state index is 0.0179. The Hall–Kier alpha value is -1.42. The molecule has 1 aromatic heterocycles. The standard InChI is InChI=1S/C10H10N2OS/c1-11-9-7-5-3-4-6-8(7)14-10(13)12(9)2/h3-6H,1-2H3. The highest BCUT2D eigenvalue weighted by Gasteiger charge is 2.00. The number of benzene rings is 1. The van der Waals surface area contributed by atoms with Crippen molar-refractivity contribution >= 4 is 21.4 Å². The summed E-state index contributed by atoms with van der Waals surface area (Å²) in [6.45, 7) is 0. The monoisotopic (exact) mass is 206 g/mol. The van der Waals surface area contributed by atoms with Gasteiger partial charge < -0.3 is 0 Å². The van der Waals surface area contributed by atoms with Crippen molar-refractivity contribution in [2.24, 2.45) is 12.0 Å². The number of aromatic nitrogens is 1. The summed E-state index contributed by atoms with van der Waals surface area (Å²) in [5, 5.41) is 1.03. The van der Waals surface area contributed by atoms with Gasteiger partial charge in [-0.1, -0.05) is 23.5 Å². The van der Waals surface area contributed by atoms with Crippen LogP contribution < -0.4 is 10.4 Å². The van der Waals surface area contributed by atoms with Gasteiger partial charge in [-0.05, 0) is 12.1 Å². The maximum Gasteiger partial charge on any atom is 0.308 e. The maximum absolute atomic E-state index is 11.5. The Morgan fingerprint density at radius 3 is 2.79 bits per heavy atom. The first kappa shape index (κ1) is 9.15. The first-order valence-electron chi connectivity index (χ1n) is 4.25. The molecule has 14 heavy (non-hydrogen) atoms. The van der Waals surface area contributed by atoms with Gasteiger partial charge in [-0.15, -0.1) is 0 Å². The van der Waals surface area contributed by atoms with Crippen molar-refractivity contribution in [2.75, 3.05) is 7.05 Å². The minimum absolute atomic E-state index is 0.0179. The molecule has 0 N–H and O–H groups in total. The fourth-order valence-corrected chi connectivity index (χ4v) is 2.27. The van der Waals surface area contributed by atoms with E-state index >= 15 is 0 Å². The molecule has 3 nitrogen and oxygen atoms in total. The van der Waals surface area contributed by atoms with E-state index in [-0.39, 0.29) is 4.87 Å². The lowest BCUT2D eigenvalue weighted by molar-refractivity contribution is 0.824. The predicted molar refractivity (Wildman–Crippen MR) is 58.6 cm³/mol. The summed E-state index contributed by atoms with van der Waals surface area (Å²) >= 11 is 1.25. The molecule has 0 aliphatic rings. The van der Waals surface area contributed by atoms with Gasteiger partial charge in [-0.2, -0.15) is 0 Å². The van der Waals surface area contributed by atoms with Gasteiger partial charge in [0.05, 0.1) is 0 Å². The van der Waals surface area contributed by atoms with Crippen molar-refractivity contribution in [1.82, 2.24) is 4.57 Å². The molecule has 0 amide bonds. The second-order valence-electron chi connectivity index (χ2n) is 2.97. The van der Waals surface area contributed by atoms with Crippen LogP contribution in [-0.4, -0.2) is 11.6 Å². The molecule has 0 bridgehead atoms. The normalized spacial score (nSPS) is 12.3. The Kier molecular flexibility index (Phi) is 2.21. The molecule has 0 spiro atoms. The van der Waals surface area contributed by atoms with Gasteiger partial charge in [0.1, 0.15) is 5.49 Å². The van der Waals surface area contributed by atoms with E-state index in [1.165, 1.54) is 11.3 Å². The summed E-state index contributed by atoms with van der Waals surface area (Å²) < 4.78 is 2.56. The molecule has 72 valence electrons. The van der Waals surface area contributed by atoms with Crippen LogP contribution in [0.5, 0.6) is 0 Å². The van der Waals surface area contributed by atoms with Crippen LogP contribution in [0.3, 0.4) is 0 Å². The highest BCUT2D eigenvalue weighted by atomic mass is 32.1. The van der Waals surface area contributed by atoms with Crippen molar-refractivity contribution in [3.05, 3.63) is 39.4 Å². The molecule has 4 heteroatoms. The molecule has 1 heterocycles. The molecule has 1 aromatic carbocycles. The average molecular weight is 206 g/mol. The Morgan fingerprint density at radius 2 is 2.07 bits per heavy atom. The smallest absolute Gasteiger partial charge is 0.287 e. The number of hydrogen-bond donors (Lipinski definition) is 0. The van der Waals surface area contributed by atoms with Crippen molar-refractivity contribution in [3.8, 4) is 0 Å². The number of rotatable bonds is 0. The van der Waals surface area contributed by atoms with Crippen LogP contribution in [-0.2, 0) is 7.05 Å². The van der Waals surface area contributed by atoms with E-state index in [1.54, 1.807) is 18.7 Å². The van der Waals surface area contributed by atoms with Crippen LogP contribution in [0.2, 0.25) is 0 Å². The molecule has 2 rings (SSSR count). The van der Waals surface area contributed by atoms with Crippen LogP contribution in [0.1, 0.15) is 0 Å². The van der Waals surface area contributed by atoms with E-state index < -0.39 is 0 Å². The van der Waals surface area contributed by atoms with Crippen molar-refractivity contribution in [2.45, 2.75) is 0 Å². The number of hydrogen-bond acceptors (Lipinski definition) is 3. The Balaban J connectivity index is 3.13. The summed E-state index contributed by atoms with van der Waals surface area (Å²) in [7, 11) is 3.44. The van der Waals surface area contributed by atoms with E-state index in [0.717, 1.165) is 15.6 Å². The van der Waals surface area contributed by atoms with E-state index in [4.69, 9.17) is 0 Å². The molecule has 0 atom stereocenters. The zero-order valence-corrected chi connectivity index (χ0v) is 8.84. The van der Waals surface area contributed by atoms with Crippen LogP contribution in [0.25, 0.3) is 10.1 Å². The second kappa shape index (κ2) is 3.38. The Bertz CT molecular complexity index is 595. The third-order valence-electron chi connectivity index (χ3n) is 2.13. The van der Waals surface area contributed by atoms with Crippen LogP contribution >= 0.6 is 11.3 Å². The molecule has 0 unspecified atom stereocenters. The minimum Gasteiger partial charge on any atom is -0.287 e. The van der Waals surface area contributed by atoms with Gasteiger partial charge in [0.2, 0.25) is 0 Å². The molecule has 0 aliphatic carbocycles. The first-order chi connectivity index (χ1) is 6.74. The molecule has 0 radical (unpaired) electrons. The molecule has 0 saturated heterocycles. The maximum atomic E-state index is 11.5. The van der Waals surface area contributed by atoms with Crippen molar-refractivity contribution in [3.63, 3.8) is 0 Å². The average Bonchev–Trinajstić information content (AvgIpc) is 2.20. The summed E-state index contributed by atoms with van der Waals surface area (Å²) in [6.07, 6.45) is 0. The Morgan fingerprint density at radius 1 is 1.36 bits per heavy atom. The lowest BCUT2D eigenvalue weighted by Crippen LogP contribution is -2.28. The SMILES string of the molecule is CN=c1c2ccccc2sc(=O)n1C. The predicted octanol–water partition coefficient (Wildman–Crippen LogP) is 1.13. The summed E-state index contributed by atoms with van der Waals surface area (Å²) in [5.41, 5.74) is 0.740. The summed E-state index contributed by atoms with van der Waals surface area (Å²) in [4.78, 5) is 15.7. The number of nitrogens with zero attached hydrogens (tertiary/aromatic N) is 2. The summed E-state index contributed by atoms with van der Waals surface area (Å²) in [6, 6.07) is 7.80. The van der Waals surface area contributed by atoms with E-state index in [0.29, 0.717) is 0 Å². The fraction of sp³-hybridized carbons (Fsp3) is 0.200. The molecular formula is C10H10N2OS. The third-order valence-corrected chi connectivity index (χ3v) is 3.15. The highest BCUT2D eigenvalue weighted by molar-refractivity contribution is 7.16. The molecule has 0 fully saturated rings. The van der Waals surface area contributed by atoms with Crippen LogP contribution in [0.4, 0.5) is 0 Å². The van der Waals surface area contributed by atoms with Crippen LogP contribution in [0.15, 0.2) is 34.1 Å². The fourth-order valence-electron chi connectivity index (χ4n) is 1.44. The molecule has 0 saturated carbocycles. The quantitative estimate of drug-likeness (QED) is 0.636. The molecule has 0 aliphatic heterocycles. The van der Waals surface area contributed by atoms with Gasteiger partial charge in [-0.25, -0.2) is 0 Å². The van der Waals surface area contributed by atoms with Gasteiger partial charge in [0, 0.05) is 24.2 Å². The van der Waals surface area contributed by atoms with Crippen LogP contribution in [0, 0.1) is 0 Å². The zero-order chi connectivity index (χ0) is 10.1. The van der Waals surface area contributed by atoms with Crippen molar-refractivity contribution in [1.29, 1.82) is 0 Å². The van der Waals surface area contributed by atoms with Gasteiger partial charge in [-0.3, -0.25) is 14.4 Å². The van der Waals surface area contributed by atoms with E-state index in [9.17, 15) is 4.79 Å². The van der Waals surface area contributed by atoms with E-state index in [2.05, 4.69) is 4.99 Å². The van der Waals surface area contributed by atoms with Crippen molar-refractivity contribution < 1.29 is 0 Å². The zero-order valence-electron chi connectivity index (χ0n) is 8.02. The number of fused-ring (bicyclic) bond motifs is 1. The topological polar surface area (TPSA) is 34.4 Å². The second-order valence-corrected chi connectivity index (χ2v) is 3.96. The Labute approximate surface area is 85.0 Å². The third kappa shape index (κ3) is 1.28. The molecule has 2 aromatic rings. The van der Waals surface area contributed by atoms with Gasteiger partial charge in [0.15, 0.2) is 0 Å². The lowest BCUT2D eigenvalue weighted by atomic mass is 10.3. The molecular weight excluding hydrogens is 196 g/mol. The van der Waals surface area contributed by atoms with Gasteiger partial charge >= 0.3 is 4.87 Å². The lowest BCUT2D eigenvalue weighted by Gasteiger charge is -2.01. The summed E-state index contributed by atoms with van der Waals surface area (Å²) in [5.74, 6) is 0. The van der Waals surface area contributed by atoms with E-state index in [1.807, 2.05) is 24.3 Å². The first-order valence-corrected chi connectivity index (χ1v) is 5.07. The highest BCUT2D eigenvalue weighted by Crippen LogP contribution is 2.10.